The lowest BCUT2D eigenvalue weighted by atomic mass is 10.2. The highest BCUT2D eigenvalue weighted by Gasteiger charge is 2.22. The molecule has 2 atom stereocenters. The Balaban J connectivity index is 2.22. The van der Waals surface area contributed by atoms with Gasteiger partial charge in [-0.25, -0.2) is 4.39 Å². The Morgan fingerprint density at radius 3 is 2.62 bits per heavy atom. The lowest BCUT2D eigenvalue weighted by Gasteiger charge is -2.02. The Hall–Kier alpha value is -0.150. The van der Waals surface area contributed by atoms with E-state index in [1.165, 1.54) is 0 Å². The van der Waals surface area contributed by atoms with E-state index in [1.807, 2.05) is 0 Å². The van der Waals surface area contributed by atoms with Crippen molar-refractivity contribution in [2.75, 3.05) is 6.67 Å². The normalized spacial score (nSPS) is 38.2. The van der Waals surface area contributed by atoms with Gasteiger partial charge in [-0.15, -0.1) is 0 Å². The van der Waals surface area contributed by atoms with Crippen molar-refractivity contribution >= 4 is 0 Å². The third kappa shape index (κ3) is 1.17. The zero-order valence-corrected chi connectivity index (χ0v) is 4.51. The number of hydrogen-bond donors (Lipinski definition) is 1. The van der Waals surface area contributed by atoms with Crippen LogP contribution in [-0.2, 0) is 4.74 Å². The Bertz CT molecular complexity index is 76.8. The van der Waals surface area contributed by atoms with Gasteiger partial charge in [-0.2, -0.15) is 0 Å². The first-order valence-electron chi connectivity index (χ1n) is 2.72. The van der Waals surface area contributed by atoms with Crippen LogP contribution >= 0.6 is 0 Å². The van der Waals surface area contributed by atoms with Crippen LogP contribution in [0.4, 0.5) is 4.39 Å². The number of hydrogen-bond acceptors (Lipinski definition) is 2. The van der Waals surface area contributed by atoms with E-state index in [-0.39, 0.29) is 6.10 Å². The number of ether oxygens (including phenoxy) is 1. The second-order valence-corrected chi connectivity index (χ2v) is 1.94. The van der Waals surface area contributed by atoms with Crippen LogP contribution in [-0.4, -0.2) is 24.2 Å². The summed E-state index contributed by atoms with van der Waals surface area (Å²) in [6.07, 6.45) is 0.174. The number of aliphatic hydroxyl groups is 1. The lowest BCUT2D eigenvalue weighted by Crippen LogP contribution is -2.11. The molecule has 1 N–H and O–H groups in total. The molecule has 0 amide bonds. The van der Waals surface area contributed by atoms with Crippen molar-refractivity contribution in [2.45, 2.75) is 25.2 Å². The summed E-state index contributed by atoms with van der Waals surface area (Å²) in [6, 6.07) is 0. The molecule has 0 aliphatic carbocycles. The van der Waals surface area contributed by atoms with Gasteiger partial charge in [0, 0.05) is 6.42 Å². The Morgan fingerprint density at radius 2 is 2.38 bits per heavy atom. The lowest BCUT2D eigenvalue weighted by molar-refractivity contribution is -0.0943. The van der Waals surface area contributed by atoms with E-state index in [9.17, 15) is 4.39 Å². The molecule has 3 heteroatoms. The molecule has 2 nitrogen and oxygen atoms in total. The molecule has 8 heavy (non-hydrogen) atoms. The highest BCUT2D eigenvalue weighted by atomic mass is 19.1. The molecule has 1 rings (SSSR count). The van der Waals surface area contributed by atoms with Crippen LogP contribution in [0, 0.1) is 0 Å². The number of halogens is 1. The van der Waals surface area contributed by atoms with Gasteiger partial charge < -0.3 is 9.84 Å². The van der Waals surface area contributed by atoms with Crippen LogP contribution in [0.25, 0.3) is 0 Å². The van der Waals surface area contributed by atoms with Crippen molar-refractivity contribution < 1.29 is 14.2 Å². The van der Waals surface area contributed by atoms with E-state index in [1.54, 1.807) is 0 Å². The summed E-state index contributed by atoms with van der Waals surface area (Å²) in [5, 5.41) is 8.64. The van der Waals surface area contributed by atoms with Crippen molar-refractivity contribution in [1.82, 2.24) is 0 Å². The van der Waals surface area contributed by atoms with E-state index in [2.05, 4.69) is 0 Å². The molecule has 1 unspecified atom stereocenters. The van der Waals surface area contributed by atoms with Gasteiger partial charge in [0.05, 0.1) is 6.10 Å². The molecule has 0 radical (unpaired) electrons. The third-order valence-corrected chi connectivity index (χ3v) is 1.26. The first-order chi connectivity index (χ1) is 3.83. The van der Waals surface area contributed by atoms with Gasteiger partial charge in [0.15, 0.2) is 6.29 Å². The summed E-state index contributed by atoms with van der Waals surface area (Å²) in [6.45, 7) is -0.475. The fourth-order valence-electron chi connectivity index (χ4n) is 0.800. The molecule has 0 aromatic rings. The average molecular weight is 120 g/mol. The average Bonchev–Trinajstić information content (AvgIpc) is 2.14. The van der Waals surface area contributed by atoms with E-state index in [0.717, 1.165) is 0 Å². The van der Waals surface area contributed by atoms with Crippen LogP contribution in [0.5, 0.6) is 0 Å². The van der Waals surface area contributed by atoms with Crippen molar-refractivity contribution in [1.29, 1.82) is 0 Å². The van der Waals surface area contributed by atoms with Crippen LogP contribution in [0.1, 0.15) is 12.8 Å². The predicted molar refractivity (Wildman–Crippen MR) is 26.1 cm³/mol. The van der Waals surface area contributed by atoms with Crippen molar-refractivity contribution in [3.63, 3.8) is 0 Å². The summed E-state index contributed by atoms with van der Waals surface area (Å²) in [5.74, 6) is 0. The highest BCUT2D eigenvalue weighted by Crippen LogP contribution is 2.17. The molecule has 0 saturated carbocycles. The van der Waals surface area contributed by atoms with Crippen molar-refractivity contribution in [2.24, 2.45) is 0 Å². The molecule has 1 aliphatic rings. The molecule has 0 aromatic heterocycles. The monoisotopic (exact) mass is 120 g/mol. The molecule has 48 valence electrons. The second kappa shape index (κ2) is 2.42. The molecule has 1 fully saturated rings. The minimum Gasteiger partial charge on any atom is -0.368 e. The van der Waals surface area contributed by atoms with E-state index in [0.29, 0.717) is 12.8 Å². The van der Waals surface area contributed by atoms with Gasteiger partial charge in [-0.05, 0) is 6.42 Å². The molecule has 1 heterocycles. The molecule has 0 aromatic carbocycles. The smallest absolute Gasteiger partial charge is 0.155 e. The summed E-state index contributed by atoms with van der Waals surface area (Å²) in [5.41, 5.74) is 0. The van der Waals surface area contributed by atoms with Crippen molar-refractivity contribution in [3.8, 4) is 0 Å². The third-order valence-electron chi connectivity index (χ3n) is 1.26. The number of aliphatic hydroxyl groups excluding tert-OH is 1. The molecule has 1 saturated heterocycles. The quantitative estimate of drug-likeness (QED) is 0.544. The zero-order valence-electron chi connectivity index (χ0n) is 4.51. The Morgan fingerprint density at radius 1 is 1.62 bits per heavy atom. The number of rotatable bonds is 1. The summed E-state index contributed by atoms with van der Waals surface area (Å²) in [4.78, 5) is 0. The van der Waals surface area contributed by atoms with Crippen molar-refractivity contribution in [3.05, 3.63) is 0 Å². The topological polar surface area (TPSA) is 29.5 Å². The maximum absolute atomic E-state index is 11.6. The van der Waals surface area contributed by atoms with E-state index >= 15 is 0 Å². The molecule has 0 spiro atoms. The SMILES string of the molecule is OC1CC[C@@H](CF)O1. The van der Waals surface area contributed by atoms with Gasteiger partial charge in [-0.3, -0.25) is 0 Å². The summed E-state index contributed by atoms with van der Waals surface area (Å²) < 4.78 is 16.3. The minimum absolute atomic E-state index is 0.343. The molecular formula is C5H9FO2. The maximum Gasteiger partial charge on any atom is 0.155 e. The van der Waals surface area contributed by atoms with Gasteiger partial charge in [0.1, 0.15) is 6.67 Å². The van der Waals surface area contributed by atoms with Crippen LogP contribution in [0.15, 0.2) is 0 Å². The molecule has 0 bridgehead atoms. The van der Waals surface area contributed by atoms with Crippen LogP contribution in [0.2, 0.25) is 0 Å². The first kappa shape index (κ1) is 5.98. The van der Waals surface area contributed by atoms with Crippen LogP contribution < -0.4 is 0 Å². The Kier molecular flexibility index (Phi) is 1.81. The standard InChI is InChI=1S/C5H9FO2/c6-3-4-1-2-5(7)8-4/h4-5,7H,1-3H2/t4-,5?/m0/s1. The predicted octanol–water partition coefficient (Wildman–Crippen LogP) is 0.453. The van der Waals surface area contributed by atoms with Gasteiger partial charge >= 0.3 is 0 Å². The fourth-order valence-corrected chi connectivity index (χ4v) is 0.800. The number of alkyl halides is 1. The summed E-state index contributed by atoms with van der Waals surface area (Å²) >= 11 is 0. The zero-order chi connectivity index (χ0) is 5.98. The Labute approximate surface area is 47.3 Å². The van der Waals surface area contributed by atoms with Crippen LogP contribution in [0.3, 0.4) is 0 Å². The van der Waals surface area contributed by atoms with E-state index < -0.39 is 13.0 Å². The van der Waals surface area contributed by atoms with Gasteiger partial charge in [0.2, 0.25) is 0 Å². The maximum atomic E-state index is 11.6. The summed E-state index contributed by atoms with van der Waals surface area (Å²) in [7, 11) is 0. The van der Waals surface area contributed by atoms with Gasteiger partial charge in [-0.1, -0.05) is 0 Å². The largest absolute Gasteiger partial charge is 0.368 e. The fraction of sp³-hybridized carbons (Fsp3) is 1.00. The molecule has 1 aliphatic heterocycles. The minimum atomic E-state index is -0.712. The van der Waals surface area contributed by atoms with E-state index in [4.69, 9.17) is 9.84 Å². The second-order valence-electron chi connectivity index (χ2n) is 1.94. The highest BCUT2D eigenvalue weighted by molar-refractivity contribution is 4.65. The first-order valence-corrected chi connectivity index (χ1v) is 2.72. The molecular weight excluding hydrogens is 111 g/mol. The van der Waals surface area contributed by atoms with Gasteiger partial charge in [0.25, 0.3) is 0 Å².